The summed E-state index contributed by atoms with van der Waals surface area (Å²) in [5.41, 5.74) is 0.642. The number of hydrogen-bond donors (Lipinski definition) is 1. The van der Waals surface area contributed by atoms with Gasteiger partial charge in [-0.1, -0.05) is 0 Å². The molecule has 0 spiro atoms. The fourth-order valence-corrected chi connectivity index (χ4v) is 1.36. The molecule has 1 atom stereocenters. The SMILES string of the molecule is CC(O)c1nccnc1I. The first-order valence-corrected chi connectivity index (χ1v) is 3.94. The van der Waals surface area contributed by atoms with Gasteiger partial charge in [-0.25, -0.2) is 4.98 Å². The van der Waals surface area contributed by atoms with Crippen LogP contribution in [0.4, 0.5) is 0 Å². The van der Waals surface area contributed by atoms with Gasteiger partial charge in [0.25, 0.3) is 0 Å². The molecule has 1 unspecified atom stereocenters. The maximum absolute atomic E-state index is 9.10. The normalized spacial score (nSPS) is 13.1. The lowest BCUT2D eigenvalue weighted by Gasteiger charge is -2.02. The van der Waals surface area contributed by atoms with E-state index in [4.69, 9.17) is 5.11 Å². The molecule has 0 fully saturated rings. The third-order valence-electron chi connectivity index (χ3n) is 1.08. The van der Waals surface area contributed by atoms with Crippen molar-refractivity contribution in [1.29, 1.82) is 0 Å². The zero-order valence-electron chi connectivity index (χ0n) is 5.45. The molecule has 0 bridgehead atoms. The van der Waals surface area contributed by atoms with Crippen molar-refractivity contribution in [2.75, 3.05) is 0 Å². The van der Waals surface area contributed by atoms with Crippen molar-refractivity contribution in [2.24, 2.45) is 0 Å². The van der Waals surface area contributed by atoms with Crippen molar-refractivity contribution in [1.82, 2.24) is 9.97 Å². The average Bonchev–Trinajstić information content (AvgIpc) is 1.88. The third kappa shape index (κ3) is 1.63. The average molecular weight is 250 g/mol. The summed E-state index contributed by atoms with van der Waals surface area (Å²) in [4.78, 5) is 7.92. The Morgan fingerprint density at radius 1 is 1.50 bits per heavy atom. The van der Waals surface area contributed by atoms with Crippen LogP contribution in [0.25, 0.3) is 0 Å². The summed E-state index contributed by atoms with van der Waals surface area (Å²) in [5.74, 6) is 0. The summed E-state index contributed by atoms with van der Waals surface area (Å²) in [7, 11) is 0. The Morgan fingerprint density at radius 2 is 2.10 bits per heavy atom. The predicted octanol–water partition coefficient (Wildman–Crippen LogP) is 1.13. The van der Waals surface area contributed by atoms with E-state index in [9.17, 15) is 0 Å². The standard InChI is InChI=1S/C6H7IN2O/c1-4(10)5-6(7)9-3-2-8-5/h2-4,10H,1H3. The van der Waals surface area contributed by atoms with Crippen LogP contribution in [0.15, 0.2) is 12.4 Å². The number of rotatable bonds is 1. The highest BCUT2D eigenvalue weighted by Gasteiger charge is 2.06. The molecule has 0 amide bonds. The molecule has 3 nitrogen and oxygen atoms in total. The molecule has 1 N–H and O–H groups in total. The summed E-state index contributed by atoms with van der Waals surface area (Å²) in [5, 5.41) is 9.10. The van der Waals surface area contributed by atoms with Crippen LogP contribution in [0, 0.1) is 3.70 Å². The Kier molecular flexibility index (Phi) is 2.56. The lowest BCUT2D eigenvalue weighted by atomic mass is 10.3. The first-order valence-electron chi connectivity index (χ1n) is 2.86. The minimum atomic E-state index is -0.527. The molecule has 0 aliphatic rings. The van der Waals surface area contributed by atoms with E-state index in [0.29, 0.717) is 5.69 Å². The summed E-state index contributed by atoms with van der Waals surface area (Å²) in [6, 6.07) is 0. The molecule has 4 heteroatoms. The second-order valence-electron chi connectivity index (χ2n) is 1.91. The highest BCUT2D eigenvalue weighted by atomic mass is 127. The van der Waals surface area contributed by atoms with Gasteiger partial charge in [-0.2, -0.15) is 0 Å². The molecular weight excluding hydrogens is 243 g/mol. The molecule has 0 saturated heterocycles. The van der Waals surface area contributed by atoms with E-state index in [0.717, 1.165) is 3.70 Å². The Hall–Kier alpha value is -0.230. The van der Waals surface area contributed by atoms with Crippen LogP contribution in [0.2, 0.25) is 0 Å². The fraction of sp³-hybridized carbons (Fsp3) is 0.333. The van der Waals surface area contributed by atoms with Crippen molar-refractivity contribution < 1.29 is 5.11 Å². The Labute approximate surface area is 72.7 Å². The number of nitrogens with zero attached hydrogens (tertiary/aromatic N) is 2. The molecule has 1 aromatic heterocycles. The summed E-state index contributed by atoms with van der Waals surface area (Å²) in [6.45, 7) is 1.67. The first kappa shape index (κ1) is 7.87. The van der Waals surface area contributed by atoms with Gasteiger partial charge in [0.15, 0.2) is 0 Å². The Bertz CT molecular complexity index is 227. The second kappa shape index (κ2) is 3.25. The van der Waals surface area contributed by atoms with Crippen LogP contribution < -0.4 is 0 Å². The van der Waals surface area contributed by atoms with Crippen LogP contribution in [0.5, 0.6) is 0 Å². The van der Waals surface area contributed by atoms with Gasteiger partial charge in [-0.3, -0.25) is 4.98 Å². The fourth-order valence-electron chi connectivity index (χ4n) is 0.612. The third-order valence-corrected chi connectivity index (χ3v) is 1.91. The molecule has 1 rings (SSSR count). The van der Waals surface area contributed by atoms with E-state index in [2.05, 4.69) is 9.97 Å². The minimum absolute atomic E-state index is 0.527. The summed E-state index contributed by atoms with van der Waals surface area (Å²) >= 11 is 2.04. The topological polar surface area (TPSA) is 46.0 Å². The minimum Gasteiger partial charge on any atom is -0.387 e. The molecule has 0 aromatic carbocycles. The van der Waals surface area contributed by atoms with Gasteiger partial charge in [-0.15, -0.1) is 0 Å². The lowest BCUT2D eigenvalue weighted by molar-refractivity contribution is 0.192. The van der Waals surface area contributed by atoms with Crippen molar-refractivity contribution in [3.63, 3.8) is 0 Å². The van der Waals surface area contributed by atoms with Crippen LogP contribution in [-0.2, 0) is 0 Å². The number of aliphatic hydroxyl groups is 1. The quantitative estimate of drug-likeness (QED) is 0.760. The molecular formula is C6H7IN2O. The van der Waals surface area contributed by atoms with Crippen molar-refractivity contribution >= 4 is 22.6 Å². The predicted molar refractivity (Wildman–Crippen MR) is 45.4 cm³/mol. The van der Waals surface area contributed by atoms with Gasteiger partial charge in [-0.05, 0) is 29.5 Å². The highest BCUT2D eigenvalue weighted by Crippen LogP contribution is 2.13. The number of aliphatic hydroxyl groups excluding tert-OH is 1. The number of aromatic nitrogens is 2. The molecule has 54 valence electrons. The number of hydrogen-bond acceptors (Lipinski definition) is 3. The second-order valence-corrected chi connectivity index (χ2v) is 2.93. The van der Waals surface area contributed by atoms with Gasteiger partial charge < -0.3 is 5.11 Å². The molecule has 10 heavy (non-hydrogen) atoms. The van der Waals surface area contributed by atoms with Crippen LogP contribution in [-0.4, -0.2) is 15.1 Å². The van der Waals surface area contributed by atoms with Crippen LogP contribution in [0.3, 0.4) is 0 Å². The van der Waals surface area contributed by atoms with E-state index in [-0.39, 0.29) is 0 Å². The highest BCUT2D eigenvalue weighted by molar-refractivity contribution is 14.1. The van der Waals surface area contributed by atoms with E-state index >= 15 is 0 Å². The van der Waals surface area contributed by atoms with E-state index in [1.165, 1.54) is 0 Å². The number of halogens is 1. The van der Waals surface area contributed by atoms with Crippen molar-refractivity contribution in [2.45, 2.75) is 13.0 Å². The van der Waals surface area contributed by atoms with E-state index < -0.39 is 6.10 Å². The zero-order chi connectivity index (χ0) is 7.56. The van der Waals surface area contributed by atoms with Gasteiger partial charge in [0.05, 0.1) is 6.10 Å². The maximum Gasteiger partial charge on any atom is 0.125 e. The first-order chi connectivity index (χ1) is 4.72. The Balaban J connectivity index is 3.03. The van der Waals surface area contributed by atoms with Gasteiger partial charge in [0, 0.05) is 12.4 Å². The van der Waals surface area contributed by atoms with Crippen molar-refractivity contribution in [3.05, 3.63) is 21.8 Å². The molecule has 0 radical (unpaired) electrons. The molecule has 0 aliphatic heterocycles. The molecule has 0 saturated carbocycles. The molecule has 1 aromatic rings. The smallest absolute Gasteiger partial charge is 0.125 e. The van der Waals surface area contributed by atoms with E-state index in [1.54, 1.807) is 19.3 Å². The van der Waals surface area contributed by atoms with Crippen molar-refractivity contribution in [3.8, 4) is 0 Å². The van der Waals surface area contributed by atoms with Crippen LogP contribution in [0.1, 0.15) is 18.7 Å². The monoisotopic (exact) mass is 250 g/mol. The van der Waals surface area contributed by atoms with Gasteiger partial charge >= 0.3 is 0 Å². The van der Waals surface area contributed by atoms with E-state index in [1.807, 2.05) is 22.6 Å². The molecule has 1 heterocycles. The van der Waals surface area contributed by atoms with Gasteiger partial charge in [0.2, 0.25) is 0 Å². The maximum atomic E-state index is 9.10. The zero-order valence-corrected chi connectivity index (χ0v) is 7.61. The lowest BCUT2D eigenvalue weighted by Crippen LogP contribution is -1.99. The summed E-state index contributed by atoms with van der Waals surface area (Å²) in [6.07, 6.45) is 2.65. The Morgan fingerprint density at radius 3 is 2.50 bits per heavy atom. The van der Waals surface area contributed by atoms with Crippen LogP contribution >= 0.6 is 22.6 Å². The summed E-state index contributed by atoms with van der Waals surface area (Å²) < 4.78 is 0.759. The van der Waals surface area contributed by atoms with Gasteiger partial charge in [0.1, 0.15) is 9.39 Å². The largest absolute Gasteiger partial charge is 0.387 e. The molecule has 0 aliphatic carbocycles.